The fourth-order valence-corrected chi connectivity index (χ4v) is 3.42. The van der Waals surface area contributed by atoms with E-state index in [1.807, 2.05) is 22.1 Å². The van der Waals surface area contributed by atoms with Gasteiger partial charge in [0.05, 0.1) is 12.4 Å². The average Bonchev–Trinajstić information content (AvgIpc) is 3.09. The number of piperidine rings is 1. The maximum absolute atomic E-state index is 13.1. The first-order valence-electron chi connectivity index (χ1n) is 8.21. The highest BCUT2D eigenvalue weighted by Crippen LogP contribution is 2.34. The van der Waals surface area contributed by atoms with Crippen LogP contribution >= 0.6 is 0 Å². The van der Waals surface area contributed by atoms with Crippen molar-refractivity contribution in [1.29, 1.82) is 0 Å². The van der Waals surface area contributed by atoms with E-state index in [1.54, 1.807) is 10.9 Å². The Balaban J connectivity index is 1.56. The molecule has 0 spiro atoms. The van der Waals surface area contributed by atoms with Crippen molar-refractivity contribution in [3.05, 3.63) is 36.7 Å². The predicted molar refractivity (Wildman–Crippen MR) is 84.8 cm³/mol. The maximum atomic E-state index is 13.1. The van der Waals surface area contributed by atoms with E-state index in [0.717, 1.165) is 19.5 Å². The molecule has 126 valence electrons. The van der Waals surface area contributed by atoms with Crippen molar-refractivity contribution in [3.8, 4) is 0 Å². The third-order valence-electron chi connectivity index (χ3n) is 4.96. The molecular formula is C16H19FN6O. The van der Waals surface area contributed by atoms with Gasteiger partial charge in [-0.05, 0) is 25.3 Å². The number of anilines is 1. The summed E-state index contributed by atoms with van der Waals surface area (Å²) in [5.74, 6) is 0.202. The van der Waals surface area contributed by atoms with Gasteiger partial charge < -0.3 is 9.80 Å². The van der Waals surface area contributed by atoms with Crippen LogP contribution in [0.2, 0.25) is 0 Å². The van der Waals surface area contributed by atoms with Crippen LogP contribution in [0.4, 0.5) is 10.3 Å². The second-order valence-electron chi connectivity index (χ2n) is 6.32. The van der Waals surface area contributed by atoms with Gasteiger partial charge in [0.2, 0.25) is 5.95 Å². The molecule has 2 saturated heterocycles. The summed E-state index contributed by atoms with van der Waals surface area (Å²) < 4.78 is 14.8. The zero-order valence-electron chi connectivity index (χ0n) is 13.3. The first-order valence-corrected chi connectivity index (χ1v) is 8.21. The van der Waals surface area contributed by atoms with Gasteiger partial charge in [-0.25, -0.2) is 14.4 Å². The molecule has 0 atom stereocenters. The number of likely N-dealkylation sites (tertiary alicyclic amines) is 1. The van der Waals surface area contributed by atoms with Gasteiger partial charge in [-0.1, -0.05) is 0 Å². The van der Waals surface area contributed by atoms with Crippen molar-refractivity contribution in [1.82, 2.24) is 24.6 Å². The minimum absolute atomic E-state index is 0.150. The smallest absolute Gasteiger partial charge is 0.250 e. The van der Waals surface area contributed by atoms with Crippen LogP contribution in [0.15, 0.2) is 30.9 Å². The SMILES string of the molecule is O=C(N1CCC1)C1(n2cccn2)CCN(c2ncc(F)cn2)CC1. The summed E-state index contributed by atoms with van der Waals surface area (Å²) in [5.41, 5.74) is -0.638. The van der Waals surface area contributed by atoms with Crippen molar-refractivity contribution in [2.24, 2.45) is 0 Å². The Morgan fingerprint density at radius 2 is 1.83 bits per heavy atom. The molecule has 2 fully saturated rings. The van der Waals surface area contributed by atoms with Crippen LogP contribution in [-0.4, -0.2) is 56.7 Å². The van der Waals surface area contributed by atoms with Crippen molar-refractivity contribution in [2.45, 2.75) is 24.8 Å². The maximum Gasteiger partial charge on any atom is 0.250 e. The molecule has 2 aromatic heterocycles. The lowest BCUT2D eigenvalue weighted by molar-refractivity contribution is -0.146. The van der Waals surface area contributed by atoms with E-state index in [2.05, 4.69) is 15.1 Å². The Morgan fingerprint density at radius 3 is 2.38 bits per heavy atom. The minimum Gasteiger partial charge on any atom is -0.341 e. The standard InChI is InChI=1S/C16H19FN6O/c17-13-11-18-15(19-12-13)22-9-3-16(4-10-22,23-8-1-5-20-23)14(24)21-6-2-7-21/h1,5,8,11-12H,2-4,6-7,9-10H2. The Kier molecular flexibility index (Phi) is 3.66. The molecule has 0 aromatic carbocycles. The monoisotopic (exact) mass is 330 g/mol. The third kappa shape index (κ3) is 2.42. The molecule has 0 bridgehead atoms. The molecule has 2 aliphatic heterocycles. The summed E-state index contributed by atoms with van der Waals surface area (Å²) in [7, 11) is 0. The summed E-state index contributed by atoms with van der Waals surface area (Å²) in [4.78, 5) is 25.0. The van der Waals surface area contributed by atoms with Gasteiger partial charge in [-0.2, -0.15) is 5.10 Å². The number of halogens is 1. The van der Waals surface area contributed by atoms with Crippen LogP contribution in [0.5, 0.6) is 0 Å². The first kappa shape index (κ1) is 15.0. The molecule has 7 nitrogen and oxygen atoms in total. The molecule has 0 N–H and O–H groups in total. The summed E-state index contributed by atoms with van der Waals surface area (Å²) in [6.45, 7) is 2.91. The highest BCUT2D eigenvalue weighted by molar-refractivity contribution is 5.85. The number of rotatable bonds is 3. The second-order valence-corrected chi connectivity index (χ2v) is 6.32. The van der Waals surface area contributed by atoms with E-state index < -0.39 is 11.4 Å². The zero-order chi connectivity index (χ0) is 16.6. The molecule has 0 radical (unpaired) electrons. The van der Waals surface area contributed by atoms with Gasteiger partial charge in [-0.15, -0.1) is 0 Å². The molecule has 1 amide bonds. The summed E-state index contributed by atoms with van der Waals surface area (Å²) in [6, 6.07) is 1.85. The first-order chi connectivity index (χ1) is 11.7. The fraction of sp³-hybridized carbons (Fsp3) is 0.500. The van der Waals surface area contributed by atoms with Crippen molar-refractivity contribution < 1.29 is 9.18 Å². The number of aromatic nitrogens is 4. The highest BCUT2D eigenvalue weighted by Gasteiger charge is 2.47. The average molecular weight is 330 g/mol. The lowest BCUT2D eigenvalue weighted by atomic mass is 9.85. The lowest BCUT2D eigenvalue weighted by Gasteiger charge is -2.45. The molecule has 8 heteroatoms. The number of nitrogens with zero attached hydrogens (tertiary/aromatic N) is 6. The third-order valence-corrected chi connectivity index (χ3v) is 4.96. The zero-order valence-corrected chi connectivity index (χ0v) is 13.3. The van der Waals surface area contributed by atoms with E-state index in [9.17, 15) is 9.18 Å². The quantitative estimate of drug-likeness (QED) is 0.841. The molecule has 2 aromatic rings. The van der Waals surface area contributed by atoms with Crippen LogP contribution < -0.4 is 4.90 Å². The number of amides is 1. The Hall–Kier alpha value is -2.51. The van der Waals surface area contributed by atoms with Crippen LogP contribution in [-0.2, 0) is 10.3 Å². The van der Waals surface area contributed by atoms with Crippen LogP contribution in [0.3, 0.4) is 0 Å². The molecule has 24 heavy (non-hydrogen) atoms. The van der Waals surface area contributed by atoms with Crippen molar-refractivity contribution >= 4 is 11.9 Å². The van der Waals surface area contributed by atoms with Crippen molar-refractivity contribution in [3.63, 3.8) is 0 Å². The number of hydrogen-bond donors (Lipinski definition) is 0. The Bertz CT molecular complexity index is 705. The second kappa shape index (κ2) is 5.85. The van der Waals surface area contributed by atoms with Gasteiger partial charge in [0.15, 0.2) is 5.82 Å². The molecule has 4 heterocycles. The lowest BCUT2D eigenvalue weighted by Crippen LogP contribution is -2.59. The van der Waals surface area contributed by atoms with Gasteiger partial charge in [0, 0.05) is 38.6 Å². The van der Waals surface area contributed by atoms with Crippen LogP contribution in [0.25, 0.3) is 0 Å². The van der Waals surface area contributed by atoms with E-state index in [0.29, 0.717) is 31.9 Å². The molecule has 2 aliphatic rings. The summed E-state index contributed by atoms with van der Waals surface area (Å²) >= 11 is 0. The van der Waals surface area contributed by atoms with Crippen LogP contribution in [0.1, 0.15) is 19.3 Å². The van der Waals surface area contributed by atoms with E-state index >= 15 is 0 Å². The van der Waals surface area contributed by atoms with Gasteiger partial charge in [0.1, 0.15) is 5.54 Å². The van der Waals surface area contributed by atoms with Gasteiger partial charge in [-0.3, -0.25) is 9.48 Å². The minimum atomic E-state index is -0.638. The fourth-order valence-electron chi connectivity index (χ4n) is 3.42. The molecule has 0 unspecified atom stereocenters. The Labute approximate surface area is 139 Å². The molecule has 4 rings (SSSR count). The van der Waals surface area contributed by atoms with Crippen molar-refractivity contribution in [2.75, 3.05) is 31.1 Å². The normalized spacial score (nSPS) is 19.9. The van der Waals surface area contributed by atoms with Gasteiger partial charge in [0.25, 0.3) is 5.91 Å². The number of carbonyl (C=O) groups is 1. The summed E-state index contributed by atoms with van der Waals surface area (Å²) in [6.07, 6.45) is 8.24. The van der Waals surface area contributed by atoms with E-state index in [1.165, 1.54) is 12.4 Å². The largest absolute Gasteiger partial charge is 0.341 e. The van der Waals surface area contributed by atoms with E-state index in [4.69, 9.17) is 0 Å². The molecule has 0 aliphatic carbocycles. The molecule has 0 saturated carbocycles. The Morgan fingerprint density at radius 1 is 1.12 bits per heavy atom. The summed E-state index contributed by atoms with van der Waals surface area (Å²) in [5, 5.41) is 4.35. The molecular weight excluding hydrogens is 311 g/mol. The van der Waals surface area contributed by atoms with Gasteiger partial charge >= 0.3 is 0 Å². The highest BCUT2D eigenvalue weighted by atomic mass is 19.1. The number of carbonyl (C=O) groups excluding carboxylic acids is 1. The van der Waals surface area contributed by atoms with Crippen LogP contribution in [0, 0.1) is 5.82 Å². The topological polar surface area (TPSA) is 67.2 Å². The van der Waals surface area contributed by atoms with E-state index in [-0.39, 0.29) is 5.91 Å². The number of hydrogen-bond acceptors (Lipinski definition) is 5. The predicted octanol–water partition coefficient (Wildman–Crippen LogP) is 1.04.